The first-order valence-corrected chi connectivity index (χ1v) is 8.38. The molecule has 25 heavy (non-hydrogen) atoms. The van der Waals surface area contributed by atoms with Crippen LogP contribution in [-0.2, 0) is 16.1 Å². The Hall–Kier alpha value is -1.79. The molecule has 0 saturated carbocycles. The summed E-state index contributed by atoms with van der Waals surface area (Å²) in [7, 11) is 0. The predicted molar refractivity (Wildman–Crippen MR) is 102 cm³/mol. The van der Waals surface area contributed by atoms with E-state index in [1.54, 1.807) is 0 Å². The molecule has 1 rings (SSSR count). The van der Waals surface area contributed by atoms with Crippen molar-refractivity contribution in [1.29, 1.82) is 0 Å². The van der Waals surface area contributed by atoms with Gasteiger partial charge in [0.2, 0.25) is 11.8 Å². The van der Waals surface area contributed by atoms with E-state index in [9.17, 15) is 9.59 Å². The highest BCUT2D eigenvalue weighted by Gasteiger charge is 2.08. The molecule has 0 bridgehead atoms. The van der Waals surface area contributed by atoms with Crippen molar-refractivity contribution in [3.05, 3.63) is 29.3 Å². The second kappa shape index (κ2) is 12.6. The molecule has 0 fully saturated rings. The van der Waals surface area contributed by atoms with Crippen molar-refractivity contribution in [2.45, 2.75) is 40.2 Å². The summed E-state index contributed by atoms with van der Waals surface area (Å²) in [6, 6.07) is 5.91. The van der Waals surface area contributed by atoms with Crippen molar-refractivity contribution < 1.29 is 14.3 Å². The van der Waals surface area contributed by atoms with Gasteiger partial charge in [-0.2, -0.15) is 0 Å². The van der Waals surface area contributed by atoms with Crippen LogP contribution < -0.4 is 21.1 Å². The van der Waals surface area contributed by atoms with Gasteiger partial charge in [-0.1, -0.05) is 26.0 Å². The van der Waals surface area contributed by atoms with Crippen molar-refractivity contribution in [3.63, 3.8) is 0 Å². The Bertz CT molecular complexity index is 550. The molecular weight excluding hydrogens is 342 g/mol. The molecule has 0 aliphatic heterocycles. The second-order valence-electron chi connectivity index (χ2n) is 6.25. The molecule has 2 amide bonds. The van der Waals surface area contributed by atoms with E-state index in [0.717, 1.165) is 29.7 Å². The van der Waals surface area contributed by atoms with Crippen molar-refractivity contribution in [2.24, 2.45) is 11.7 Å². The van der Waals surface area contributed by atoms with E-state index in [0.29, 0.717) is 19.1 Å². The number of benzene rings is 1. The lowest BCUT2D eigenvalue weighted by Crippen LogP contribution is -2.39. The van der Waals surface area contributed by atoms with Crippen LogP contribution in [0.15, 0.2) is 18.2 Å². The Morgan fingerprint density at radius 1 is 1.20 bits per heavy atom. The van der Waals surface area contributed by atoms with E-state index in [4.69, 9.17) is 10.5 Å². The van der Waals surface area contributed by atoms with Crippen LogP contribution in [0, 0.1) is 12.8 Å². The third-order valence-electron chi connectivity index (χ3n) is 3.51. The van der Waals surface area contributed by atoms with Crippen LogP contribution in [0.25, 0.3) is 0 Å². The number of hydrogen-bond donors (Lipinski definition) is 3. The summed E-state index contributed by atoms with van der Waals surface area (Å²) in [6.07, 6.45) is 2.13. The first-order valence-electron chi connectivity index (χ1n) is 8.38. The van der Waals surface area contributed by atoms with Crippen LogP contribution in [0.4, 0.5) is 0 Å². The molecule has 4 N–H and O–H groups in total. The number of hydrogen-bond acceptors (Lipinski definition) is 4. The number of amides is 2. The number of ether oxygens (including phenoxy) is 1. The molecule has 7 heteroatoms. The summed E-state index contributed by atoms with van der Waals surface area (Å²) in [6.45, 7) is 7.21. The standard InChI is InChI=1S/C18H29N3O3.ClH/c1-13(2)5-4-8-24-16-9-14(3)6-7-15(16)11-20-18(23)12-21-17(22)10-19;/h6-7,9,13H,4-5,8,10-12,19H2,1-3H3,(H,20,23)(H,21,22);1H. The van der Waals surface area contributed by atoms with Crippen LogP contribution in [0.2, 0.25) is 0 Å². The molecule has 1 aromatic rings. The molecule has 0 aliphatic rings. The third kappa shape index (κ3) is 9.94. The number of carbonyl (C=O) groups excluding carboxylic acids is 2. The number of rotatable bonds is 10. The summed E-state index contributed by atoms with van der Waals surface area (Å²) in [5, 5.41) is 5.21. The van der Waals surface area contributed by atoms with Gasteiger partial charge in [0, 0.05) is 12.1 Å². The predicted octanol–water partition coefficient (Wildman–Crippen LogP) is 1.92. The van der Waals surface area contributed by atoms with Gasteiger partial charge in [0.15, 0.2) is 0 Å². The van der Waals surface area contributed by atoms with Gasteiger partial charge in [0.05, 0.1) is 19.7 Å². The lowest BCUT2D eigenvalue weighted by atomic mass is 10.1. The molecule has 142 valence electrons. The first kappa shape index (κ1) is 23.2. The largest absolute Gasteiger partial charge is 0.493 e. The molecular formula is C18H30ClN3O3. The van der Waals surface area contributed by atoms with Crippen LogP contribution in [0.5, 0.6) is 5.75 Å². The van der Waals surface area contributed by atoms with Crippen molar-refractivity contribution in [2.75, 3.05) is 19.7 Å². The third-order valence-corrected chi connectivity index (χ3v) is 3.51. The minimum absolute atomic E-state index is 0. The lowest BCUT2D eigenvalue weighted by Gasteiger charge is -2.14. The molecule has 0 heterocycles. The van der Waals surface area contributed by atoms with E-state index < -0.39 is 0 Å². The van der Waals surface area contributed by atoms with E-state index in [-0.39, 0.29) is 37.3 Å². The average Bonchev–Trinajstić information content (AvgIpc) is 2.55. The highest BCUT2D eigenvalue weighted by molar-refractivity contribution is 5.85. The normalized spacial score (nSPS) is 10.1. The fourth-order valence-corrected chi connectivity index (χ4v) is 2.12. The number of nitrogens with two attached hydrogens (primary N) is 1. The maximum atomic E-state index is 11.7. The molecule has 0 unspecified atom stereocenters. The zero-order chi connectivity index (χ0) is 17.9. The minimum atomic E-state index is -0.352. The smallest absolute Gasteiger partial charge is 0.239 e. The molecule has 0 atom stereocenters. The Morgan fingerprint density at radius 2 is 1.92 bits per heavy atom. The summed E-state index contributed by atoms with van der Waals surface area (Å²) < 4.78 is 5.88. The Morgan fingerprint density at radius 3 is 2.56 bits per heavy atom. The SMILES string of the molecule is Cc1ccc(CNC(=O)CNC(=O)CN)c(OCCCC(C)C)c1.Cl. The van der Waals surface area contributed by atoms with Crippen LogP contribution in [-0.4, -0.2) is 31.5 Å². The maximum Gasteiger partial charge on any atom is 0.239 e. The number of aryl methyl sites for hydroxylation is 1. The summed E-state index contributed by atoms with van der Waals surface area (Å²) >= 11 is 0. The number of nitrogens with one attached hydrogen (secondary N) is 2. The zero-order valence-electron chi connectivity index (χ0n) is 15.3. The summed E-state index contributed by atoms with van der Waals surface area (Å²) in [4.78, 5) is 22.8. The van der Waals surface area contributed by atoms with Crippen molar-refractivity contribution >= 4 is 24.2 Å². The van der Waals surface area contributed by atoms with Gasteiger partial charge in [-0.25, -0.2) is 0 Å². The fourth-order valence-electron chi connectivity index (χ4n) is 2.12. The first-order chi connectivity index (χ1) is 11.4. The highest BCUT2D eigenvalue weighted by Crippen LogP contribution is 2.21. The molecule has 0 aliphatic carbocycles. The number of halogens is 1. The fraction of sp³-hybridized carbons (Fsp3) is 0.556. The number of carbonyl (C=O) groups is 2. The van der Waals surface area contributed by atoms with Gasteiger partial charge >= 0.3 is 0 Å². The van der Waals surface area contributed by atoms with Crippen LogP contribution >= 0.6 is 12.4 Å². The molecule has 0 saturated heterocycles. The van der Waals surface area contributed by atoms with Crippen molar-refractivity contribution in [1.82, 2.24) is 10.6 Å². The average molecular weight is 372 g/mol. The Kier molecular flexibility index (Phi) is 11.7. The second-order valence-corrected chi connectivity index (χ2v) is 6.25. The highest BCUT2D eigenvalue weighted by atomic mass is 35.5. The van der Waals surface area contributed by atoms with Crippen molar-refractivity contribution in [3.8, 4) is 5.75 Å². The monoisotopic (exact) mass is 371 g/mol. The van der Waals surface area contributed by atoms with E-state index >= 15 is 0 Å². The summed E-state index contributed by atoms with van der Waals surface area (Å²) in [5.41, 5.74) is 7.20. The molecule has 0 aromatic heterocycles. The molecule has 0 spiro atoms. The van der Waals surface area contributed by atoms with E-state index in [1.165, 1.54) is 0 Å². The molecule has 6 nitrogen and oxygen atoms in total. The minimum Gasteiger partial charge on any atom is -0.493 e. The zero-order valence-corrected chi connectivity index (χ0v) is 16.1. The topological polar surface area (TPSA) is 93.5 Å². The lowest BCUT2D eigenvalue weighted by molar-refractivity contribution is -0.125. The van der Waals surface area contributed by atoms with Crippen LogP contribution in [0.3, 0.4) is 0 Å². The quantitative estimate of drug-likeness (QED) is 0.548. The van der Waals surface area contributed by atoms with Gasteiger partial charge in [0.25, 0.3) is 0 Å². The van der Waals surface area contributed by atoms with Crippen LogP contribution in [0.1, 0.15) is 37.8 Å². The van der Waals surface area contributed by atoms with E-state index in [2.05, 4.69) is 24.5 Å². The van der Waals surface area contributed by atoms with Gasteiger partial charge < -0.3 is 21.1 Å². The van der Waals surface area contributed by atoms with Gasteiger partial charge in [-0.3, -0.25) is 9.59 Å². The Labute approximate surface area is 156 Å². The summed E-state index contributed by atoms with van der Waals surface area (Å²) in [5.74, 6) is 0.844. The van der Waals surface area contributed by atoms with Gasteiger partial charge in [0.1, 0.15) is 5.75 Å². The van der Waals surface area contributed by atoms with E-state index in [1.807, 2.05) is 25.1 Å². The van der Waals surface area contributed by atoms with Gasteiger partial charge in [-0.15, -0.1) is 12.4 Å². The molecule has 0 radical (unpaired) electrons. The Balaban J connectivity index is 0.00000576. The molecule has 1 aromatic carbocycles. The van der Waals surface area contributed by atoms with Gasteiger partial charge in [-0.05, 0) is 37.3 Å². The maximum absolute atomic E-state index is 11.7.